The summed E-state index contributed by atoms with van der Waals surface area (Å²) in [4.78, 5) is 13.8. The van der Waals surface area contributed by atoms with Gasteiger partial charge in [0.1, 0.15) is 0 Å². The second kappa shape index (κ2) is 16.2. The minimum absolute atomic E-state index is 0.00169. The third-order valence-electron chi connectivity index (χ3n) is 15.5. The van der Waals surface area contributed by atoms with Gasteiger partial charge in [0.05, 0.1) is 17.6 Å². The van der Waals surface area contributed by atoms with Crippen molar-refractivity contribution in [3.8, 4) is 0 Å². The maximum atomic E-state index is 13.8. The molecule has 0 N–H and O–H groups in total. The van der Waals surface area contributed by atoms with Crippen LogP contribution in [0.5, 0.6) is 0 Å². The number of carbonyl (C=O) groups excluding carboxylic acids is 1. The first-order valence-electron chi connectivity index (χ1n) is 21.8. The highest BCUT2D eigenvalue weighted by Gasteiger charge is 2.52. The molecule has 54 heavy (non-hydrogen) atoms. The van der Waals surface area contributed by atoms with Crippen LogP contribution in [0.15, 0.2) is 71.9 Å². The molecule has 5 rings (SSSR count). The van der Waals surface area contributed by atoms with Gasteiger partial charge in [-0.1, -0.05) is 123 Å². The quantitative estimate of drug-likeness (QED) is 0.148. The highest BCUT2D eigenvalue weighted by molar-refractivity contribution is 6.74. The maximum absolute atomic E-state index is 13.8. The van der Waals surface area contributed by atoms with E-state index in [4.69, 9.17) is 15.4 Å². The highest BCUT2D eigenvalue weighted by atomic mass is 28.4. The number of rotatable bonds is 13. The van der Waals surface area contributed by atoms with Crippen LogP contribution in [0.4, 0.5) is 0 Å². The molecule has 0 aromatic heterocycles. The molecule has 0 radical (unpaired) electrons. The SMILES string of the molecule is C=C1/C(=C\C=C2/CCC[C@]3(C)[C@@H]([C@H](C)/C=C/C(=O)C4(c5ccc(CCCC)cc5)CC4)CC[C@@H]23)C[C@@H](O[Si](C)(C)C(C)(C)C)C[C@@H]1O[Si](C)(C)C(C)(C)C. The van der Waals surface area contributed by atoms with Crippen LogP contribution in [0, 0.1) is 23.2 Å². The number of unbranched alkanes of at least 4 members (excludes halogenated alkanes) is 1. The van der Waals surface area contributed by atoms with Crippen LogP contribution in [0.1, 0.15) is 144 Å². The number of aryl methyl sites for hydroxylation is 1. The number of hydrogen-bond donors (Lipinski definition) is 0. The zero-order chi connectivity index (χ0) is 39.9. The Morgan fingerprint density at radius 3 is 2.17 bits per heavy atom. The zero-order valence-corrected chi connectivity index (χ0v) is 38.9. The van der Waals surface area contributed by atoms with Crippen molar-refractivity contribution in [3.63, 3.8) is 0 Å². The van der Waals surface area contributed by atoms with Crippen molar-refractivity contribution in [2.75, 3.05) is 0 Å². The molecular formula is C49H78O3Si2. The van der Waals surface area contributed by atoms with Crippen molar-refractivity contribution < 1.29 is 13.6 Å². The normalized spacial score (nSPS) is 29.9. The van der Waals surface area contributed by atoms with Crippen molar-refractivity contribution in [1.29, 1.82) is 0 Å². The minimum atomic E-state index is -2.01. The van der Waals surface area contributed by atoms with Crippen LogP contribution >= 0.6 is 0 Å². The van der Waals surface area contributed by atoms with E-state index in [-0.39, 0.29) is 33.1 Å². The van der Waals surface area contributed by atoms with Gasteiger partial charge in [-0.2, -0.15) is 0 Å². The molecule has 0 spiro atoms. The Bertz CT molecular complexity index is 1590. The number of hydrogen-bond acceptors (Lipinski definition) is 3. The summed E-state index contributed by atoms with van der Waals surface area (Å²) in [6.45, 7) is 35.4. The lowest BCUT2D eigenvalue weighted by Gasteiger charge is -2.45. The molecule has 0 unspecified atom stereocenters. The van der Waals surface area contributed by atoms with Crippen molar-refractivity contribution in [2.24, 2.45) is 23.2 Å². The van der Waals surface area contributed by atoms with Crippen LogP contribution in [-0.2, 0) is 25.5 Å². The van der Waals surface area contributed by atoms with E-state index >= 15 is 0 Å². The first-order valence-corrected chi connectivity index (χ1v) is 27.6. The van der Waals surface area contributed by atoms with Gasteiger partial charge in [0.25, 0.3) is 0 Å². The number of carbonyl (C=O) groups is 1. The Labute approximate surface area is 334 Å². The maximum Gasteiger partial charge on any atom is 0.192 e. The van der Waals surface area contributed by atoms with Gasteiger partial charge in [0.15, 0.2) is 22.4 Å². The molecule has 4 saturated carbocycles. The number of fused-ring (bicyclic) bond motifs is 1. The Balaban J connectivity index is 1.32. The monoisotopic (exact) mass is 771 g/mol. The summed E-state index contributed by atoms with van der Waals surface area (Å²) in [5.41, 5.74) is 6.67. The van der Waals surface area contributed by atoms with Crippen molar-refractivity contribution in [1.82, 2.24) is 0 Å². The molecule has 4 aliphatic rings. The van der Waals surface area contributed by atoms with Crippen molar-refractivity contribution >= 4 is 22.4 Å². The third-order valence-corrected chi connectivity index (χ3v) is 24.5. The lowest BCUT2D eigenvalue weighted by atomic mass is 9.61. The summed E-state index contributed by atoms with van der Waals surface area (Å²) >= 11 is 0. The Morgan fingerprint density at radius 2 is 1.57 bits per heavy atom. The van der Waals surface area contributed by atoms with E-state index < -0.39 is 16.6 Å². The fourth-order valence-corrected chi connectivity index (χ4v) is 12.3. The number of allylic oxidation sites excluding steroid dienone is 5. The number of benzene rings is 1. The van der Waals surface area contributed by atoms with Gasteiger partial charge in [0, 0.05) is 6.42 Å². The molecule has 1 aromatic carbocycles. The van der Waals surface area contributed by atoms with Gasteiger partial charge < -0.3 is 8.85 Å². The predicted octanol–water partition coefficient (Wildman–Crippen LogP) is 14.0. The molecule has 300 valence electrons. The lowest BCUT2D eigenvalue weighted by molar-refractivity contribution is -0.116. The first kappa shape index (κ1) is 43.3. The van der Waals surface area contributed by atoms with Crippen LogP contribution in [0.3, 0.4) is 0 Å². The Kier molecular flexibility index (Phi) is 13.0. The molecule has 0 heterocycles. The summed E-state index contributed by atoms with van der Waals surface area (Å²) in [5, 5.41) is 0.296. The molecule has 0 saturated heterocycles. The van der Waals surface area contributed by atoms with E-state index in [1.807, 2.05) is 6.08 Å². The third kappa shape index (κ3) is 9.16. The van der Waals surface area contributed by atoms with E-state index in [1.165, 1.54) is 67.2 Å². The van der Waals surface area contributed by atoms with Crippen molar-refractivity contribution in [2.45, 2.75) is 193 Å². The van der Waals surface area contributed by atoms with Crippen molar-refractivity contribution in [3.05, 3.63) is 83.0 Å². The average Bonchev–Trinajstić information content (AvgIpc) is 3.81. The first-order chi connectivity index (χ1) is 25.0. The molecule has 0 aliphatic heterocycles. The second-order valence-electron chi connectivity index (χ2n) is 21.3. The minimum Gasteiger partial charge on any atom is -0.413 e. The molecule has 6 atom stereocenters. The van der Waals surface area contributed by atoms with Crippen LogP contribution < -0.4 is 0 Å². The predicted molar refractivity (Wildman–Crippen MR) is 236 cm³/mol. The van der Waals surface area contributed by atoms with Gasteiger partial charge in [0.2, 0.25) is 0 Å². The zero-order valence-electron chi connectivity index (χ0n) is 36.9. The van der Waals surface area contributed by atoms with Crippen LogP contribution in [-0.4, -0.2) is 34.6 Å². The molecule has 5 heteroatoms. The van der Waals surface area contributed by atoms with Gasteiger partial charge in [-0.15, -0.1) is 0 Å². The van der Waals surface area contributed by atoms with Gasteiger partial charge in [-0.05, 0) is 152 Å². The molecule has 4 fully saturated rings. The summed E-state index contributed by atoms with van der Waals surface area (Å²) in [5.74, 6) is 1.88. The smallest absolute Gasteiger partial charge is 0.192 e. The lowest BCUT2D eigenvalue weighted by Crippen LogP contribution is -2.49. The summed E-state index contributed by atoms with van der Waals surface area (Å²) < 4.78 is 14.2. The van der Waals surface area contributed by atoms with Gasteiger partial charge in [-0.25, -0.2) is 0 Å². The average molecular weight is 771 g/mol. The molecular weight excluding hydrogens is 693 g/mol. The van der Waals surface area contributed by atoms with E-state index in [1.54, 1.807) is 5.57 Å². The standard InChI is InChI=1S/C49H78O3Si2/c1-15-16-18-37-21-25-40(26-22-37)49(31-32-49)45(50)29-20-35(2)42-27-28-43-38(19-17-30-48(42,43)10)23-24-39-33-41(51-53(11,12)46(4,5)6)34-44(36(39)3)52-54(13,14)47(7,8)9/h20-26,29,35,41-44H,3,15-19,27-28,30-34H2,1-2,4-14H3/b29-20+,38-23+,39-24-/t35-,41-,42-,43+,44+,48-/m1/s1. The Morgan fingerprint density at radius 1 is 0.944 bits per heavy atom. The molecule has 0 amide bonds. The summed E-state index contributed by atoms with van der Waals surface area (Å²) in [6.07, 6.45) is 22.8. The molecule has 3 nitrogen and oxygen atoms in total. The Hall–Kier alpha value is -1.80. The van der Waals surface area contributed by atoms with Crippen LogP contribution in [0.2, 0.25) is 36.3 Å². The van der Waals surface area contributed by atoms with E-state index in [9.17, 15) is 4.79 Å². The van der Waals surface area contributed by atoms with E-state index in [0.717, 1.165) is 32.1 Å². The number of ketones is 1. The van der Waals surface area contributed by atoms with E-state index in [2.05, 4.69) is 131 Å². The fraction of sp³-hybridized carbons (Fsp3) is 0.694. The fourth-order valence-electron chi connectivity index (χ4n) is 9.61. The highest BCUT2D eigenvalue weighted by Crippen LogP contribution is 2.60. The second-order valence-corrected chi connectivity index (χ2v) is 30.8. The van der Waals surface area contributed by atoms with Crippen LogP contribution in [0.25, 0.3) is 0 Å². The summed E-state index contributed by atoms with van der Waals surface area (Å²) in [7, 11) is -3.97. The molecule has 4 aliphatic carbocycles. The topological polar surface area (TPSA) is 35.5 Å². The van der Waals surface area contributed by atoms with E-state index in [0.29, 0.717) is 23.5 Å². The molecule has 1 aromatic rings. The van der Waals surface area contributed by atoms with Gasteiger partial charge >= 0.3 is 0 Å². The van der Waals surface area contributed by atoms with Gasteiger partial charge in [-0.3, -0.25) is 4.79 Å². The largest absolute Gasteiger partial charge is 0.413 e. The molecule has 0 bridgehead atoms. The summed E-state index contributed by atoms with van der Waals surface area (Å²) in [6, 6.07) is 8.96.